The lowest BCUT2D eigenvalue weighted by Gasteiger charge is -2.09. The summed E-state index contributed by atoms with van der Waals surface area (Å²) in [6.07, 6.45) is 1.61. The van der Waals surface area contributed by atoms with Crippen LogP contribution < -0.4 is 11.1 Å². The second-order valence-corrected chi connectivity index (χ2v) is 4.54. The summed E-state index contributed by atoms with van der Waals surface area (Å²) < 4.78 is 0. The molecule has 0 saturated heterocycles. The Morgan fingerprint density at radius 3 is 2.57 bits per heavy atom. The van der Waals surface area contributed by atoms with Crippen molar-refractivity contribution in [3.63, 3.8) is 0 Å². The first kappa shape index (κ1) is 12.9. The molecule has 0 aliphatic carbocycles. The van der Waals surface area contributed by atoms with Crippen molar-refractivity contribution in [2.24, 2.45) is 0 Å². The van der Waals surface area contributed by atoms with Gasteiger partial charge < -0.3 is 11.1 Å². The lowest BCUT2D eigenvalue weighted by atomic mass is 10.1. The SMILES string of the molecule is Nc1ccc(Nc2ccc3ncccc3c2[N+](=O)[O-])cc1. The lowest BCUT2D eigenvalue weighted by Crippen LogP contribution is -1.98. The van der Waals surface area contributed by atoms with Crippen LogP contribution in [0.4, 0.5) is 22.7 Å². The number of nitrogens with two attached hydrogens (primary N) is 1. The van der Waals surface area contributed by atoms with Crippen LogP contribution in [0.5, 0.6) is 0 Å². The van der Waals surface area contributed by atoms with E-state index >= 15 is 0 Å². The van der Waals surface area contributed by atoms with E-state index in [1.54, 1.807) is 54.7 Å². The summed E-state index contributed by atoms with van der Waals surface area (Å²) in [5, 5.41) is 14.9. The number of nitrogens with one attached hydrogen (secondary N) is 1. The molecule has 21 heavy (non-hydrogen) atoms. The zero-order valence-corrected chi connectivity index (χ0v) is 11.0. The Labute approximate surface area is 120 Å². The van der Waals surface area contributed by atoms with E-state index in [0.717, 1.165) is 5.69 Å². The molecule has 6 heteroatoms. The van der Waals surface area contributed by atoms with Crippen LogP contribution in [-0.4, -0.2) is 9.91 Å². The highest BCUT2D eigenvalue weighted by Crippen LogP contribution is 2.34. The monoisotopic (exact) mass is 280 g/mol. The van der Waals surface area contributed by atoms with Gasteiger partial charge in [-0.3, -0.25) is 15.1 Å². The highest BCUT2D eigenvalue weighted by Gasteiger charge is 2.18. The molecule has 0 bridgehead atoms. The van der Waals surface area contributed by atoms with Gasteiger partial charge in [0.15, 0.2) is 0 Å². The van der Waals surface area contributed by atoms with Gasteiger partial charge in [0.1, 0.15) is 5.69 Å². The minimum absolute atomic E-state index is 0.0115. The zero-order chi connectivity index (χ0) is 14.8. The van der Waals surface area contributed by atoms with Gasteiger partial charge in [0.25, 0.3) is 0 Å². The van der Waals surface area contributed by atoms with Crippen molar-refractivity contribution in [1.82, 2.24) is 4.98 Å². The molecule has 3 rings (SSSR count). The Morgan fingerprint density at radius 1 is 1.10 bits per heavy atom. The molecule has 1 aromatic heterocycles. The predicted octanol–water partition coefficient (Wildman–Crippen LogP) is 3.47. The number of pyridine rings is 1. The molecule has 0 radical (unpaired) electrons. The Balaban J connectivity index is 2.11. The standard InChI is InChI=1S/C15H12N4O2/c16-10-3-5-11(6-4-10)18-14-8-7-13-12(2-1-9-17-13)15(14)19(20)21/h1-9,18H,16H2. The summed E-state index contributed by atoms with van der Waals surface area (Å²) in [6, 6.07) is 13.8. The first-order chi connectivity index (χ1) is 10.1. The molecule has 0 aliphatic rings. The number of nitrogens with zero attached hydrogens (tertiary/aromatic N) is 2. The van der Waals surface area contributed by atoms with Crippen LogP contribution in [0.2, 0.25) is 0 Å². The molecule has 0 saturated carbocycles. The largest absolute Gasteiger partial charge is 0.399 e. The van der Waals surface area contributed by atoms with Gasteiger partial charge in [0.2, 0.25) is 0 Å². The molecule has 3 N–H and O–H groups in total. The van der Waals surface area contributed by atoms with Gasteiger partial charge in [0.05, 0.1) is 15.8 Å². The average molecular weight is 280 g/mol. The van der Waals surface area contributed by atoms with E-state index in [0.29, 0.717) is 22.3 Å². The number of aromatic nitrogens is 1. The lowest BCUT2D eigenvalue weighted by molar-refractivity contribution is -0.382. The second kappa shape index (κ2) is 5.09. The molecule has 6 nitrogen and oxygen atoms in total. The maximum absolute atomic E-state index is 11.4. The van der Waals surface area contributed by atoms with Crippen LogP contribution in [0, 0.1) is 10.1 Å². The minimum Gasteiger partial charge on any atom is -0.399 e. The van der Waals surface area contributed by atoms with Crippen LogP contribution in [-0.2, 0) is 0 Å². The summed E-state index contributed by atoms with van der Waals surface area (Å²) in [5.41, 5.74) is 8.02. The Bertz CT molecular complexity index is 816. The van der Waals surface area contributed by atoms with Crippen molar-refractivity contribution in [3.05, 3.63) is 64.8 Å². The maximum Gasteiger partial charge on any atom is 0.301 e. The molecule has 0 fully saturated rings. The highest BCUT2D eigenvalue weighted by molar-refractivity contribution is 5.95. The van der Waals surface area contributed by atoms with Crippen LogP contribution >= 0.6 is 0 Å². The zero-order valence-electron chi connectivity index (χ0n) is 11.0. The fourth-order valence-electron chi connectivity index (χ4n) is 2.16. The van der Waals surface area contributed by atoms with Gasteiger partial charge in [-0.2, -0.15) is 0 Å². The van der Waals surface area contributed by atoms with Crippen molar-refractivity contribution >= 4 is 33.7 Å². The van der Waals surface area contributed by atoms with Crippen LogP contribution in [0.15, 0.2) is 54.7 Å². The molecule has 104 valence electrons. The molecule has 0 unspecified atom stereocenters. The summed E-state index contributed by atoms with van der Waals surface area (Å²) in [7, 11) is 0. The van der Waals surface area contributed by atoms with E-state index in [-0.39, 0.29) is 5.69 Å². The van der Waals surface area contributed by atoms with Gasteiger partial charge in [-0.25, -0.2) is 0 Å². The van der Waals surface area contributed by atoms with E-state index < -0.39 is 4.92 Å². The van der Waals surface area contributed by atoms with Crippen LogP contribution in [0.3, 0.4) is 0 Å². The summed E-state index contributed by atoms with van der Waals surface area (Å²) in [5.74, 6) is 0. The van der Waals surface area contributed by atoms with E-state index in [4.69, 9.17) is 5.73 Å². The van der Waals surface area contributed by atoms with E-state index in [2.05, 4.69) is 10.3 Å². The van der Waals surface area contributed by atoms with E-state index in [9.17, 15) is 10.1 Å². The number of rotatable bonds is 3. The van der Waals surface area contributed by atoms with Gasteiger partial charge >= 0.3 is 5.69 Å². The fourth-order valence-corrected chi connectivity index (χ4v) is 2.16. The Kier molecular flexibility index (Phi) is 3.12. The first-order valence-corrected chi connectivity index (χ1v) is 6.30. The highest BCUT2D eigenvalue weighted by atomic mass is 16.6. The third-order valence-corrected chi connectivity index (χ3v) is 3.13. The quantitative estimate of drug-likeness (QED) is 0.435. The first-order valence-electron chi connectivity index (χ1n) is 6.30. The molecular weight excluding hydrogens is 268 g/mol. The minimum atomic E-state index is -0.399. The Morgan fingerprint density at radius 2 is 1.86 bits per heavy atom. The number of nitrogen functional groups attached to an aromatic ring is 1. The van der Waals surface area contributed by atoms with Crippen molar-refractivity contribution in [1.29, 1.82) is 0 Å². The molecule has 0 spiro atoms. The van der Waals surface area contributed by atoms with E-state index in [1.807, 2.05) is 0 Å². The number of hydrogen-bond acceptors (Lipinski definition) is 5. The second-order valence-electron chi connectivity index (χ2n) is 4.54. The maximum atomic E-state index is 11.4. The Hall–Kier alpha value is -3.15. The molecule has 0 amide bonds. The molecule has 2 aromatic carbocycles. The smallest absolute Gasteiger partial charge is 0.301 e. The number of hydrogen-bond donors (Lipinski definition) is 2. The summed E-state index contributed by atoms with van der Waals surface area (Å²) in [6.45, 7) is 0. The molecule has 0 aliphatic heterocycles. The van der Waals surface area contributed by atoms with Gasteiger partial charge in [-0.05, 0) is 48.5 Å². The number of nitro benzene ring substituents is 1. The summed E-state index contributed by atoms with van der Waals surface area (Å²) >= 11 is 0. The van der Waals surface area contributed by atoms with Gasteiger partial charge in [0, 0.05) is 17.6 Å². The third-order valence-electron chi connectivity index (χ3n) is 3.13. The molecule has 3 aromatic rings. The summed E-state index contributed by atoms with van der Waals surface area (Å²) in [4.78, 5) is 15.1. The number of benzene rings is 2. The normalized spacial score (nSPS) is 10.5. The van der Waals surface area contributed by atoms with Crippen molar-refractivity contribution in [3.8, 4) is 0 Å². The number of nitro groups is 1. The topological polar surface area (TPSA) is 94.1 Å². The number of fused-ring (bicyclic) bond motifs is 1. The van der Waals surface area contributed by atoms with Gasteiger partial charge in [-0.1, -0.05) is 0 Å². The van der Waals surface area contributed by atoms with Crippen molar-refractivity contribution in [2.75, 3.05) is 11.1 Å². The van der Waals surface area contributed by atoms with Crippen molar-refractivity contribution < 1.29 is 4.92 Å². The molecule has 0 atom stereocenters. The van der Waals surface area contributed by atoms with E-state index in [1.165, 1.54) is 0 Å². The molecular formula is C15H12N4O2. The average Bonchev–Trinajstić information content (AvgIpc) is 2.49. The van der Waals surface area contributed by atoms with Crippen LogP contribution in [0.25, 0.3) is 10.9 Å². The van der Waals surface area contributed by atoms with Crippen molar-refractivity contribution in [2.45, 2.75) is 0 Å². The molecule has 1 heterocycles. The predicted molar refractivity (Wildman–Crippen MR) is 82.5 cm³/mol. The van der Waals surface area contributed by atoms with Gasteiger partial charge in [-0.15, -0.1) is 0 Å². The fraction of sp³-hybridized carbons (Fsp3) is 0. The van der Waals surface area contributed by atoms with Crippen LogP contribution in [0.1, 0.15) is 0 Å². The number of anilines is 3. The third kappa shape index (κ3) is 2.46.